The molecule has 1 N–H and O–H groups in total. The van der Waals surface area contributed by atoms with Crippen molar-refractivity contribution in [2.24, 2.45) is 0 Å². The van der Waals surface area contributed by atoms with E-state index < -0.39 is 0 Å². The molecule has 0 amide bonds. The zero-order valence-corrected chi connectivity index (χ0v) is 15.6. The van der Waals surface area contributed by atoms with Gasteiger partial charge in [-0.25, -0.2) is 0 Å². The predicted molar refractivity (Wildman–Crippen MR) is 94.1 cm³/mol. The van der Waals surface area contributed by atoms with Gasteiger partial charge in [-0.05, 0) is 63.1 Å². The van der Waals surface area contributed by atoms with E-state index in [2.05, 4.69) is 86.5 Å². The second-order valence-corrected chi connectivity index (χ2v) is 8.25. The molecule has 2 aromatic rings. The van der Waals surface area contributed by atoms with Gasteiger partial charge in [-0.15, -0.1) is 11.3 Å². The highest BCUT2D eigenvalue weighted by Crippen LogP contribution is 2.32. The molecule has 0 aliphatic carbocycles. The predicted octanol–water partition coefficient (Wildman–Crippen LogP) is 4.62. The zero-order chi connectivity index (χ0) is 14.5. The van der Waals surface area contributed by atoms with E-state index in [0.717, 1.165) is 27.9 Å². The highest BCUT2D eigenvalue weighted by molar-refractivity contribution is 9.13. The Hall–Kier alpha value is -0.200. The highest BCUT2D eigenvalue weighted by atomic mass is 79.9. The molecule has 0 atom stereocenters. The molecule has 2 nitrogen and oxygen atoms in total. The third-order valence-electron chi connectivity index (χ3n) is 2.92. The largest absolute Gasteiger partial charge is 0.308 e. The number of thiophene rings is 1. The van der Waals surface area contributed by atoms with Gasteiger partial charge in [0.1, 0.15) is 0 Å². The summed E-state index contributed by atoms with van der Waals surface area (Å²) in [6, 6.07) is 10.8. The minimum Gasteiger partial charge on any atom is -0.308 e. The fraction of sp³-hybridized carbons (Fsp3) is 0.333. The Kier molecular flexibility index (Phi) is 6.23. The fourth-order valence-corrected chi connectivity index (χ4v) is 4.17. The molecule has 0 radical (unpaired) electrons. The Morgan fingerprint density at radius 2 is 1.80 bits per heavy atom. The van der Waals surface area contributed by atoms with Gasteiger partial charge in [0.05, 0.1) is 3.79 Å². The molecule has 0 aliphatic rings. The summed E-state index contributed by atoms with van der Waals surface area (Å²) >= 11 is 8.82. The third kappa shape index (κ3) is 4.67. The first-order valence-electron chi connectivity index (χ1n) is 6.42. The van der Waals surface area contributed by atoms with Crippen LogP contribution in [0.5, 0.6) is 0 Å². The van der Waals surface area contributed by atoms with Crippen molar-refractivity contribution < 1.29 is 0 Å². The lowest BCUT2D eigenvalue weighted by Crippen LogP contribution is -2.16. The molecule has 108 valence electrons. The average molecular weight is 418 g/mol. The van der Waals surface area contributed by atoms with E-state index in [9.17, 15) is 0 Å². The van der Waals surface area contributed by atoms with Crippen LogP contribution in [0.15, 0.2) is 38.6 Å². The monoisotopic (exact) mass is 416 g/mol. The molecule has 1 aromatic carbocycles. The lowest BCUT2D eigenvalue weighted by molar-refractivity contribution is 0.400. The van der Waals surface area contributed by atoms with Gasteiger partial charge in [-0.2, -0.15) is 0 Å². The molecule has 0 fully saturated rings. The van der Waals surface area contributed by atoms with Crippen LogP contribution in [0, 0.1) is 0 Å². The first-order chi connectivity index (χ1) is 9.56. The van der Waals surface area contributed by atoms with E-state index in [4.69, 9.17) is 0 Å². The van der Waals surface area contributed by atoms with Crippen LogP contribution in [0.4, 0.5) is 0 Å². The fourth-order valence-electron chi connectivity index (χ4n) is 2.02. The molecule has 5 heteroatoms. The van der Waals surface area contributed by atoms with E-state index in [1.807, 2.05) is 0 Å². The van der Waals surface area contributed by atoms with Crippen LogP contribution >= 0.6 is 43.2 Å². The number of rotatable bonds is 6. The maximum absolute atomic E-state index is 3.53. The first-order valence-corrected chi connectivity index (χ1v) is 8.82. The molecule has 1 aromatic heterocycles. The number of hydrogen-bond donors (Lipinski definition) is 1. The van der Waals surface area contributed by atoms with Gasteiger partial charge >= 0.3 is 0 Å². The molecule has 0 bridgehead atoms. The van der Waals surface area contributed by atoms with Gasteiger partial charge < -0.3 is 10.2 Å². The highest BCUT2D eigenvalue weighted by Gasteiger charge is 2.05. The molecule has 1 heterocycles. The molecule has 0 unspecified atom stereocenters. The maximum Gasteiger partial charge on any atom is 0.0843 e. The molecule has 0 saturated carbocycles. The van der Waals surface area contributed by atoms with Crippen molar-refractivity contribution in [1.29, 1.82) is 0 Å². The summed E-state index contributed by atoms with van der Waals surface area (Å²) in [6.45, 7) is 2.77. The van der Waals surface area contributed by atoms with E-state index in [1.165, 1.54) is 16.0 Å². The Bertz CT molecular complexity index is 547. The molecular weight excluding hydrogens is 400 g/mol. The summed E-state index contributed by atoms with van der Waals surface area (Å²) in [5, 5.41) is 3.52. The molecular formula is C15H18Br2N2S. The topological polar surface area (TPSA) is 15.3 Å². The summed E-state index contributed by atoms with van der Waals surface area (Å²) in [6.07, 6.45) is 0. The Morgan fingerprint density at radius 1 is 1.10 bits per heavy atom. The number of halogens is 2. The summed E-state index contributed by atoms with van der Waals surface area (Å²) in [5.74, 6) is 0. The minimum atomic E-state index is 0.894. The van der Waals surface area contributed by atoms with Crippen LogP contribution in [0.25, 0.3) is 0 Å². The first kappa shape index (κ1) is 16.2. The van der Waals surface area contributed by atoms with Crippen molar-refractivity contribution >= 4 is 43.2 Å². The number of nitrogens with zero attached hydrogens (tertiary/aromatic N) is 1. The quantitative estimate of drug-likeness (QED) is 0.737. The van der Waals surface area contributed by atoms with Gasteiger partial charge in [0.2, 0.25) is 0 Å². The Labute approximate surface area is 141 Å². The van der Waals surface area contributed by atoms with Crippen molar-refractivity contribution in [3.05, 3.63) is 54.6 Å². The van der Waals surface area contributed by atoms with Crippen LogP contribution in [-0.2, 0) is 19.6 Å². The van der Waals surface area contributed by atoms with Gasteiger partial charge in [0, 0.05) is 29.0 Å². The van der Waals surface area contributed by atoms with Crippen molar-refractivity contribution in [3.63, 3.8) is 0 Å². The maximum atomic E-state index is 3.53. The van der Waals surface area contributed by atoms with E-state index in [-0.39, 0.29) is 0 Å². The molecule has 0 saturated heterocycles. The molecule has 0 aliphatic heterocycles. The summed E-state index contributed by atoms with van der Waals surface area (Å²) < 4.78 is 2.29. The lowest BCUT2D eigenvalue weighted by atomic mass is 10.1. The van der Waals surface area contributed by atoms with Crippen LogP contribution in [0.2, 0.25) is 0 Å². The van der Waals surface area contributed by atoms with Gasteiger partial charge in [0.15, 0.2) is 0 Å². The minimum absolute atomic E-state index is 0.894. The van der Waals surface area contributed by atoms with Crippen molar-refractivity contribution in [2.45, 2.75) is 19.6 Å². The molecule has 2 rings (SSSR count). The van der Waals surface area contributed by atoms with E-state index >= 15 is 0 Å². The second kappa shape index (κ2) is 7.71. The van der Waals surface area contributed by atoms with Gasteiger partial charge in [-0.3, -0.25) is 0 Å². The lowest BCUT2D eigenvalue weighted by Gasteiger charge is -2.14. The van der Waals surface area contributed by atoms with E-state index in [0.29, 0.717) is 0 Å². The van der Waals surface area contributed by atoms with Gasteiger partial charge in [-0.1, -0.05) is 24.3 Å². The van der Waals surface area contributed by atoms with Crippen LogP contribution in [0.1, 0.15) is 16.0 Å². The van der Waals surface area contributed by atoms with E-state index in [1.54, 1.807) is 11.3 Å². The molecule has 0 spiro atoms. The van der Waals surface area contributed by atoms with Crippen LogP contribution < -0.4 is 5.32 Å². The van der Waals surface area contributed by atoms with Crippen molar-refractivity contribution in [3.8, 4) is 0 Å². The van der Waals surface area contributed by atoms with Crippen molar-refractivity contribution in [1.82, 2.24) is 10.2 Å². The SMILES string of the molecule is CN(C)Cc1ccccc1CNCc1cc(Br)c(Br)s1. The van der Waals surface area contributed by atoms with Gasteiger partial charge in [0.25, 0.3) is 0 Å². The Morgan fingerprint density at radius 3 is 2.40 bits per heavy atom. The van der Waals surface area contributed by atoms with Crippen LogP contribution in [0.3, 0.4) is 0 Å². The summed E-state index contributed by atoms with van der Waals surface area (Å²) in [4.78, 5) is 3.53. The normalized spacial score (nSPS) is 11.2. The smallest absolute Gasteiger partial charge is 0.0843 e. The van der Waals surface area contributed by atoms with Crippen LogP contribution in [-0.4, -0.2) is 19.0 Å². The van der Waals surface area contributed by atoms with Crippen molar-refractivity contribution in [2.75, 3.05) is 14.1 Å². The second-order valence-electron chi connectivity index (χ2n) is 4.94. The molecule has 20 heavy (non-hydrogen) atoms. The third-order valence-corrected chi connectivity index (χ3v) is 6.17. The average Bonchev–Trinajstić information content (AvgIpc) is 2.70. The number of nitrogens with one attached hydrogen (secondary N) is 1. The number of benzene rings is 1. The zero-order valence-electron chi connectivity index (χ0n) is 11.6. The summed E-state index contributed by atoms with van der Waals surface area (Å²) in [5.41, 5.74) is 2.76. The standard InChI is InChI=1S/C15H18Br2N2S/c1-19(2)10-12-6-4-3-5-11(12)8-18-9-13-7-14(16)15(17)20-13/h3-7,18H,8-10H2,1-2H3. The summed E-state index contributed by atoms with van der Waals surface area (Å²) in [7, 11) is 4.20. The Balaban J connectivity index is 1.93. The number of hydrogen-bond acceptors (Lipinski definition) is 3.